The monoisotopic (exact) mass is 314 g/mol. The van der Waals surface area contributed by atoms with Crippen molar-refractivity contribution in [2.24, 2.45) is 7.05 Å². The summed E-state index contributed by atoms with van der Waals surface area (Å²) in [6.45, 7) is 1.70. The van der Waals surface area contributed by atoms with Crippen molar-refractivity contribution in [1.29, 1.82) is 0 Å². The van der Waals surface area contributed by atoms with Gasteiger partial charge in [-0.25, -0.2) is 15.0 Å². The van der Waals surface area contributed by atoms with Gasteiger partial charge in [0.15, 0.2) is 0 Å². The Morgan fingerprint density at radius 3 is 2.96 bits per heavy atom. The molecule has 0 radical (unpaired) electrons. The summed E-state index contributed by atoms with van der Waals surface area (Å²) < 4.78 is 1.95. The number of nitrogens with one attached hydrogen (secondary N) is 1. The highest BCUT2D eigenvalue weighted by Crippen LogP contribution is 2.15. The first-order valence-corrected chi connectivity index (χ1v) is 7.99. The highest BCUT2D eigenvalue weighted by molar-refractivity contribution is 5.76. The summed E-state index contributed by atoms with van der Waals surface area (Å²) in [4.78, 5) is 27.0. The second-order valence-corrected chi connectivity index (χ2v) is 5.90. The molecule has 0 aromatic carbocycles. The molecule has 3 heterocycles. The molecule has 1 aliphatic rings. The van der Waals surface area contributed by atoms with E-state index in [0.29, 0.717) is 12.8 Å². The molecule has 0 spiro atoms. The fourth-order valence-corrected chi connectivity index (χ4v) is 2.90. The van der Waals surface area contributed by atoms with Crippen LogP contribution in [0, 0.1) is 0 Å². The maximum absolute atomic E-state index is 12.2. The number of rotatable bonds is 5. The van der Waals surface area contributed by atoms with E-state index in [1.807, 2.05) is 23.9 Å². The summed E-state index contributed by atoms with van der Waals surface area (Å²) in [6, 6.07) is 1.97. The Labute approximate surface area is 135 Å². The van der Waals surface area contributed by atoms with Crippen molar-refractivity contribution in [2.75, 3.05) is 18.0 Å². The van der Waals surface area contributed by atoms with Crippen LogP contribution in [0.5, 0.6) is 0 Å². The van der Waals surface area contributed by atoms with Gasteiger partial charge in [0.25, 0.3) is 0 Å². The number of amides is 1. The third-order valence-electron chi connectivity index (χ3n) is 4.15. The number of hydrogen-bond acceptors (Lipinski definition) is 5. The Hall–Kier alpha value is -2.44. The van der Waals surface area contributed by atoms with Crippen LogP contribution in [0.1, 0.15) is 25.0 Å². The maximum Gasteiger partial charge on any atom is 0.225 e. The molecule has 122 valence electrons. The SMILES string of the molecule is Cn1cncc1CCC(=O)N[C@@H]1CCCN(c2ncccn2)C1. The molecule has 1 saturated heterocycles. The van der Waals surface area contributed by atoms with Gasteiger partial charge in [-0.2, -0.15) is 0 Å². The van der Waals surface area contributed by atoms with Gasteiger partial charge in [-0.1, -0.05) is 0 Å². The van der Waals surface area contributed by atoms with E-state index in [9.17, 15) is 4.79 Å². The molecule has 0 unspecified atom stereocenters. The van der Waals surface area contributed by atoms with Gasteiger partial charge in [-0.3, -0.25) is 4.79 Å². The zero-order valence-corrected chi connectivity index (χ0v) is 13.4. The predicted octanol–water partition coefficient (Wildman–Crippen LogP) is 0.928. The Bertz CT molecular complexity index is 641. The lowest BCUT2D eigenvalue weighted by Crippen LogP contribution is -2.48. The number of aromatic nitrogens is 4. The van der Waals surface area contributed by atoms with E-state index in [2.05, 4.69) is 25.2 Å². The molecule has 7 heteroatoms. The normalized spacial score (nSPS) is 18.0. The zero-order valence-electron chi connectivity index (χ0n) is 13.4. The summed E-state index contributed by atoms with van der Waals surface area (Å²) in [5, 5.41) is 3.13. The van der Waals surface area contributed by atoms with Crippen LogP contribution in [-0.4, -0.2) is 44.6 Å². The molecule has 1 atom stereocenters. The molecule has 1 N–H and O–H groups in total. The highest BCUT2D eigenvalue weighted by atomic mass is 16.1. The van der Waals surface area contributed by atoms with Crippen molar-refractivity contribution in [3.05, 3.63) is 36.7 Å². The lowest BCUT2D eigenvalue weighted by atomic mass is 10.1. The number of aryl methyl sites for hydroxylation is 2. The Kier molecular flexibility index (Phi) is 4.85. The van der Waals surface area contributed by atoms with E-state index < -0.39 is 0 Å². The van der Waals surface area contributed by atoms with Crippen LogP contribution in [0.3, 0.4) is 0 Å². The van der Waals surface area contributed by atoms with Crippen molar-refractivity contribution in [3.8, 4) is 0 Å². The number of carbonyl (C=O) groups is 1. The largest absolute Gasteiger partial charge is 0.352 e. The fraction of sp³-hybridized carbons (Fsp3) is 0.500. The second kappa shape index (κ2) is 7.21. The van der Waals surface area contributed by atoms with E-state index in [1.54, 1.807) is 18.7 Å². The van der Waals surface area contributed by atoms with Crippen molar-refractivity contribution < 1.29 is 4.79 Å². The average Bonchev–Trinajstić information content (AvgIpc) is 2.99. The van der Waals surface area contributed by atoms with Crippen LogP contribution in [0.15, 0.2) is 31.0 Å². The summed E-state index contributed by atoms with van der Waals surface area (Å²) in [7, 11) is 1.94. The van der Waals surface area contributed by atoms with E-state index >= 15 is 0 Å². The van der Waals surface area contributed by atoms with Gasteiger partial charge in [0.05, 0.1) is 6.33 Å². The van der Waals surface area contributed by atoms with Crippen molar-refractivity contribution in [1.82, 2.24) is 24.8 Å². The molecule has 0 aliphatic carbocycles. The topological polar surface area (TPSA) is 75.9 Å². The molecule has 0 saturated carbocycles. The molecule has 7 nitrogen and oxygen atoms in total. The predicted molar refractivity (Wildman–Crippen MR) is 86.9 cm³/mol. The van der Waals surface area contributed by atoms with Crippen LogP contribution in [-0.2, 0) is 18.3 Å². The molecule has 1 aliphatic heterocycles. The zero-order chi connectivity index (χ0) is 16.1. The third-order valence-corrected chi connectivity index (χ3v) is 4.15. The van der Waals surface area contributed by atoms with Gasteiger partial charge >= 0.3 is 0 Å². The Balaban J connectivity index is 1.49. The van der Waals surface area contributed by atoms with Gasteiger partial charge in [-0.05, 0) is 25.3 Å². The van der Waals surface area contributed by atoms with Gasteiger partial charge in [0, 0.05) is 56.9 Å². The van der Waals surface area contributed by atoms with Crippen LogP contribution < -0.4 is 10.2 Å². The van der Waals surface area contributed by atoms with Crippen molar-refractivity contribution >= 4 is 11.9 Å². The molecule has 1 fully saturated rings. The lowest BCUT2D eigenvalue weighted by Gasteiger charge is -2.33. The molecule has 3 rings (SSSR count). The van der Waals surface area contributed by atoms with E-state index in [0.717, 1.165) is 37.6 Å². The quantitative estimate of drug-likeness (QED) is 0.888. The molecule has 0 bridgehead atoms. The van der Waals surface area contributed by atoms with Gasteiger partial charge in [-0.15, -0.1) is 0 Å². The second-order valence-electron chi connectivity index (χ2n) is 5.90. The Morgan fingerprint density at radius 1 is 1.39 bits per heavy atom. The Morgan fingerprint density at radius 2 is 2.22 bits per heavy atom. The van der Waals surface area contributed by atoms with Crippen molar-refractivity contribution in [3.63, 3.8) is 0 Å². The summed E-state index contributed by atoms with van der Waals surface area (Å²) in [6.07, 6.45) is 10.3. The van der Waals surface area contributed by atoms with Gasteiger partial charge in [0.1, 0.15) is 0 Å². The molecule has 1 amide bonds. The van der Waals surface area contributed by atoms with Crippen LogP contribution >= 0.6 is 0 Å². The first-order chi connectivity index (χ1) is 11.2. The summed E-state index contributed by atoms with van der Waals surface area (Å²) >= 11 is 0. The van der Waals surface area contributed by atoms with Gasteiger partial charge in [0.2, 0.25) is 11.9 Å². The maximum atomic E-state index is 12.2. The standard InChI is InChI=1S/C16H22N6O/c1-21-12-17-10-14(21)5-6-15(23)20-13-4-2-9-22(11-13)16-18-7-3-8-19-16/h3,7-8,10,12-13H,2,4-6,9,11H2,1H3,(H,20,23)/t13-/m1/s1. The number of carbonyl (C=O) groups excluding carboxylic acids is 1. The van der Waals surface area contributed by atoms with Crippen molar-refractivity contribution in [2.45, 2.75) is 31.7 Å². The first kappa shape index (κ1) is 15.5. The minimum Gasteiger partial charge on any atom is -0.352 e. The first-order valence-electron chi connectivity index (χ1n) is 7.99. The average molecular weight is 314 g/mol. The van der Waals surface area contributed by atoms with E-state index in [1.165, 1.54) is 0 Å². The lowest BCUT2D eigenvalue weighted by molar-refractivity contribution is -0.121. The fourth-order valence-electron chi connectivity index (χ4n) is 2.90. The number of piperidine rings is 1. The third kappa shape index (κ3) is 4.06. The number of hydrogen-bond donors (Lipinski definition) is 1. The van der Waals surface area contributed by atoms with Crippen LogP contribution in [0.2, 0.25) is 0 Å². The highest BCUT2D eigenvalue weighted by Gasteiger charge is 2.22. The molecular formula is C16H22N6O. The minimum atomic E-state index is 0.0898. The molecule has 2 aromatic rings. The number of imidazole rings is 1. The number of anilines is 1. The minimum absolute atomic E-state index is 0.0898. The van der Waals surface area contributed by atoms with Crippen LogP contribution in [0.25, 0.3) is 0 Å². The smallest absolute Gasteiger partial charge is 0.225 e. The molecule has 2 aromatic heterocycles. The van der Waals surface area contributed by atoms with Crippen LogP contribution in [0.4, 0.5) is 5.95 Å². The number of nitrogens with zero attached hydrogens (tertiary/aromatic N) is 5. The molecular weight excluding hydrogens is 292 g/mol. The summed E-state index contributed by atoms with van der Waals surface area (Å²) in [5.74, 6) is 0.827. The summed E-state index contributed by atoms with van der Waals surface area (Å²) in [5.41, 5.74) is 1.07. The van der Waals surface area contributed by atoms with E-state index in [-0.39, 0.29) is 11.9 Å². The molecule has 23 heavy (non-hydrogen) atoms. The van der Waals surface area contributed by atoms with E-state index in [4.69, 9.17) is 0 Å². The van der Waals surface area contributed by atoms with Gasteiger partial charge < -0.3 is 14.8 Å².